The van der Waals surface area contributed by atoms with Gasteiger partial charge >= 0.3 is 0 Å². The number of nitrogens with one attached hydrogen (secondary N) is 3. The number of aromatic amines is 1. The molecule has 2 amide bonds. The van der Waals surface area contributed by atoms with Gasteiger partial charge in [0.1, 0.15) is 5.82 Å². The minimum Gasteiger partial charge on any atom is -0.351 e. The Kier molecular flexibility index (Phi) is 4.90. The molecule has 2 aromatic heterocycles. The summed E-state index contributed by atoms with van der Waals surface area (Å²) in [5.74, 6) is 0.435. The SMILES string of the molecule is C[C@H](NC(=O)CCNC(=O)c1cccs1)c1nc2ccccc2[nH]1. The number of para-hydroxylation sites is 2. The molecule has 3 aromatic rings. The van der Waals surface area contributed by atoms with Crippen LogP contribution in [0.25, 0.3) is 11.0 Å². The highest BCUT2D eigenvalue weighted by Crippen LogP contribution is 2.15. The van der Waals surface area contributed by atoms with E-state index in [4.69, 9.17) is 0 Å². The fraction of sp³-hybridized carbons (Fsp3) is 0.235. The van der Waals surface area contributed by atoms with Gasteiger partial charge in [0.25, 0.3) is 5.91 Å². The van der Waals surface area contributed by atoms with Crippen molar-refractivity contribution in [3.8, 4) is 0 Å². The number of H-pyrrole nitrogens is 1. The predicted octanol–water partition coefficient (Wildman–Crippen LogP) is 2.62. The summed E-state index contributed by atoms with van der Waals surface area (Å²) in [7, 11) is 0. The summed E-state index contributed by atoms with van der Waals surface area (Å²) >= 11 is 1.37. The molecule has 24 heavy (non-hydrogen) atoms. The molecule has 3 N–H and O–H groups in total. The van der Waals surface area contributed by atoms with E-state index in [1.54, 1.807) is 6.07 Å². The lowest BCUT2D eigenvalue weighted by molar-refractivity contribution is -0.121. The van der Waals surface area contributed by atoms with E-state index >= 15 is 0 Å². The first kappa shape index (κ1) is 16.2. The third-order valence-electron chi connectivity index (χ3n) is 3.58. The first-order chi connectivity index (χ1) is 11.6. The summed E-state index contributed by atoms with van der Waals surface area (Å²) in [5, 5.41) is 7.47. The largest absolute Gasteiger partial charge is 0.351 e. The van der Waals surface area contributed by atoms with Crippen LogP contribution in [0, 0.1) is 0 Å². The lowest BCUT2D eigenvalue weighted by Crippen LogP contribution is -2.32. The Balaban J connectivity index is 1.48. The van der Waals surface area contributed by atoms with Gasteiger partial charge < -0.3 is 15.6 Å². The van der Waals surface area contributed by atoms with Crippen molar-refractivity contribution in [3.05, 3.63) is 52.5 Å². The second kappa shape index (κ2) is 7.27. The van der Waals surface area contributed by atoms with E-state index in [0.717, 1.165) is 11.0 Å². The maximum absolute atomic E-state index is 12.0. The number of imidazole rings is 1. The molecule has 0 aliphatic rings. The fourth-order valence-electron chi connectivity index (χ4n) is 2.34. The van der Waals surface area contributed by atoms with E-state index in [2.05, 4.69) is 20.6 Å². The van der Waals surface area contributed by atoms with Crippen molar-refractivity contribution in [3.63, 3.8) is 0 Å². The lowest BCUT2D eigenvalue weighted by atomic mass is 10.3. The molecule has 1 atom stereocenters. The van der Waals surface area contributed by atoms with E-state index < -0.39 is 0 Å². The second-order valence-corrected chi connectivity index (χ2v) is 6.36. The van der Waals surface area contributed by atoms with Gasteiger partial charge in [-0.05, 0) is 30.5 Å². The van der Waals surface area contributed by atoms with Gasteiger partial charge in [-0.25, -0.2) is 4.98 Å². The molecular weight excluding hydrogens is 324 g/mol. The summed E-state index contributed by atoms with van der Waals surface area (Å²) in [6.07, 6.45) is 0.224. The van der Waals surface area contributed by atoms with Crippen LogP contribution in [0.15, 0.2) is 41.8 Å². The average molecular weight is 342 g/mol. The van der Waals surface area contributed by atoms with Crippen LogP contribution < -0.4 is 10.6 Å². The zero-order valence-electron chi connectivity index (χ0n) is 13.2. The Bertz CT molecular complexity index is 808. The smallest absolute Gasteiger partial charge is 0.261 e. The van der Waals surface area contributed by atoms with Crippen LogP contribution in [-0.4, -0.2) is 28.3 Å². The predicted molar refractivity (Wildman–Crippen MR) is 93.9 cm³/mol. The number of aromatic nitrogens is 2. The van der Waals surface area contributed by atoms with Crippen molar-refractivity contribution >= 4 is 34.2 Å². The molecule has 2 heterocycles. The summed E-state index contributed by atoms with van der Waals surface area (Å²) in [6.45, 7) is 2.18. The van der Waals surface area contributed by atoms with Crippen LogP contribution >= 0.6 is 11.3 Å². The first-order valence-corrected chi connectivity index (χ1v) is 8.57. The number of carbonyl (C=O) groups excluding carboxylic acids is 2. The van der Waals surface area contributed by atoms with Crippen molar-refractivity contribution in [2.75, 3.05) is 6.54 Å². The Morgan fingerprint density at radius 2 is 2.08 bits per heavy atom. The minimum absolute atomic E-state index is 0.130. The van der Waals surface area contributed by atoms with Crippen molar-refractivity contribution in [1.29, 1.82) is 0 Å². The number of amides is 2. The van der Waals surface area contributed by atoms with E-state index in [-0.39, 0.29) is 24.3 Å². The van der Waals surface area contributed by atoms with Crippen LogP contribution in [0.5, 0.6) is 0 Å². The number of hydrogen-bond acceptors (Lipinski definition) is 4. The van der Waals surface area contributed by atoms with Gasteiger partial charge in [-0.2, -0.15) is 0 Å². The number of fused-ring (bicyclic) bond motifs is 1. The van der Waals surface area contributed by atoms with Crippen LogP contribution in [0.1, 0.15) is 34.9 Å². The standard InChI is InChI=1S/C17H18N4O2S/c1-11(16-20-12-5-2-3-6-13(12)21-16)19-15(22)8-9-18-17(23)14-7-4-10-24-14/h2-7,10-11H,8-9H2,1H3,(H,18,23)(H,19,22)(H,20,21)/t11-/m0/s1. The van der Waals surface area contributed by atoms with E-state index in [0.29, 0.717) is 17.2 Å². The van der Waals surface area contributed by atoms with Gasteiger partial charge in [0.2, 0.25) is 5.91 Å². The highest BCUT2D eigenvalue weighted by atomic mass is 32.1. The zero-order valence-corrected chi connectivity index (χ0v) is 14.0. The maximum atomic E-state index is 12.0. The maximum Gasteiger partial charge on any atom is 0.261 e. The van der Waals surface area contributed by atoms with Crippen LogP contribution in [0.2, 0.25) is 0 Å². The van der Waals surface area contributed by atoms with Gasteiger partial charge in [0, 0.05) is 13.0 Å². The highest BCUT2D eigenvalue weighted by molar-refractivity contribution is 7.12. The molecule has 0 radical (unpaired) electrons. The van der Waals surface area contributed by atoms with Crippen LogP contribution in [0.3, 0.4) is 0 Å². The number of thiophene rings is 1. The van der Waals surface area contributed by atoms with Gasteiger partial charge in [0.15, 0.2) is 0 Å². The molecule has 0 saturated carbocycles. The molecular formula is C17H18N4O2S. The van der Waals surface area contributed by atoms with Gasteiger partial charge in [-0.15, -0.1) is 11.3 Å². The molecule has 0 spiro atoms. The highest BCUT2D eigenvalue weighted by Gasteiger charge is 2.14. The first-order valence-electron chi connectivity index (χ1n) is 7.69. The van der Waals surface area contributed by atoms with E-state index in [1.165, 1.54) is 11.3 Å². The number of hydrogen-bond donors (Lipinski definition) is 3. The molecule has 0 aliphatic carbocycles. The Morgan fingerprint density at radius 1 is 1.25 bits per heavy atom. The topological polar surface area (TPSA) is 86.9 Å². The molecule has 124 valence electrons. The minimum atomic E-state index is -0.224. The van der Waals surface area contributed by atoms with Gasteiger partial charge in [0.05, 0.1) is 22.0 Å². The Morgan fingerprint density at radius 3 is 2.83 bits per heavy atom. The molecule has 0 aliphatic heterocycles. The normalized spacial score (nSPS) is 12.0. The van der Waals surface area contributed by atoms with Crippen LogP contribution in [0.4, 0.5) is 0 Å². The molecule has 6 nitrogen and oxygen atoms in total. The average Bonchev–Trinajstić information content (AvgIpc) is 3.24. The second-order valence-electron chi connectivity index (χ2n) is 5.41. The summed E-state index contributed by atoms with van der Waals surface area (Å²) in [4.78, 5) is 32.1. The third kappa shape index (κ3) is 3.80. The molecule has 3 rings (SSSR count). The van der Waals surface area contributed by atoms with Crippen molar-refractivity contribution in [2.24, 2.45) is 0 Å². The van der Waals surface area contributed by atoms with Gasteiger partial charge in [-0.3, -0.25) is 9.59 Å². The Labute approximate surface area is 143 Å². The molecule has 0 bridgehead atoms. The number of rotatable bonds is 6. The molecule has 0 unspecified atom stereocenters. The summed E-state index contributed by atoms with van der Waals surface area (Å²) < 4.78 is 0. The van der Waals surface area contributed by atoms with Crippen LogP contribution in [-0.2, 0) is 4.79 Å². The zero-order chi connectivity index (χ0) is 16.9. The summed E-state index contributed by atoms with van der Waals surface area (Å²) in [5.41, 5.74) is 1.81. The van der Waals surface area contributed by atoms with E-state index in [1.807, 2.05) is 42.6 Å². The third-order valence-corrected chi connectivity index (χ3v) is 4.45. The quantitative estimate of drug-likeness (QED) is 0.643. The van der Waals surface area contributed by atoms with Crippen molar-refractivity contribution in [1.82, 2.24) is 20.6 Å². The van der Waals surface area contributed by atoms with Gasteiger partial charge in [-0.1, -0.05) is 18.2 Å². The number of benzene rings is 1. The summed E-state index contributed by atoms with van der Waals surface area (Å²) in [6, 6.07) is 11.1. The number of nitrogens with zero attached hydrogens (tertiary/aromatic N) is 1. The lowest BCUT2D eigenvalue weighted by Gasteiger charge is -2.11. The van der Waals surface area contributed by atoms with Crippen molar-refractivity contribution < 1.29 is 9.59 Å². The monoisotopic (exact) mass is 342 g/mol. The molecule has 7 heteroatoms. The molecule has 0 saturated heterocycles. The number of carbonyl (C=O) groups is 2. The Hall–Kier alpha value is -2.67. The van der Waals surface area contributed by atoms with E-state index in [9.17, 15) is 9.59 Å². The van der Waals surface area contributed by atoms with Crippen molar-refractivity contribution in [2.45, 2.75) is 19.4 Å². The fourth-order valence-corrected chi connectivity index (χ4v) is 2.98. The molecule has 0 fully saturated rings. The molecule has 1 aromatic carbocycles.